The van der Waals surface area contributed by atoms with Crippen LogP contribution in [0.5, 0.6) is 5.75 Å². The van der Waals surface area contributed by atoms with Gasteiger partial charge in [0.15, 0.2) is 0 Å². The van der Waals surface area contributed by atoms with Crippen LogP contribution < -0.4 is 15.8 Å². The summed E-state index contributed by atoms with van der Waals surface area (Å²) in [6.07, 6.45) is 5.83. The Morgan fingerprint density at radius 1 is 0.944 bits per heavy atom. The fraction of sp³-hybridized carbons (Fsp3) is 0.444. The lowest BCUT2D eigenvalue weighted by molar-refractivity contribution is -0.114. The van der Waals surface area contributed by atoms with Crippen LogP contribution in [0.1, 0.15) is 64.3 Å². The zero-order valence-corrected chi connectivity index (χ0v) is 20.6. The van der Waals surface area contributed by atoms with E-state index in [2.05, 4.69) is 5.32 Å². The summed E-state index contributed by atoms with van der Waals surface area (Å²) in [7, 11) is 1.66. The van der Waals surface area contributed by atoms with Crippen LogP contribution in [0.4, 0.5) is 10.1 Å². The summed E-state index contributed by atoms with van der Waals surface area (Å²) in [4.78, 5) is 41.2. The minimum atomic E-state index is -0.629. The normalized spacial score (nSPS) is 16.5. The van der Waals surface area contributed by atoms with Crippen molar-refractivity contribution >= 4 is 23.4 Å². The standard InChI is InChI=1S/C27H33FN4O4/c1-36-24-8-7-19(15-23(24)18-5-3-2-4-6-18)26(34)31-9-11-32(12-10-31)27(35)20-13-21(28)16-22(14-20)30-25(33)17-29/h7-8,13-16,18H,2-6,9-12,17,29H2,1H3,(H,30,33). The molecule has 1 aliphatic heterocycles. The first-order valence-electron chi connectivity index (χ1n) is 12.5. The zero-order chi connectivity index (χ0) is 25.7. The number of hydrogen-bond donors (Lipinski definition) is 2. The Balaban J connectivity index is 1.42. The van der Waals surface area contributed by atoms with E-state index in [0.717, 1.165) is 36.3 Å². The molecule has 0 aromatic heterocycles. The lowest BCUT2D eigenvalue weighted by Gasteiger charge is -2.35. The summed E-state index contributed by atoms with van der Waals surface area (Å²) in [5.41, 5.74) is 7.33. The molecule has 2 aromatic carbocycles. The number of hydrogen-bond acceptors (Lipinski definition) is 5. The van der Waals surface area contributed by atoms with Crippen LogP contribution in [0.25, 0.3) is 0 Å². The lowest BCUT2D eigenvalue weighted by Crippen LogP contribution is -2.50. The van der Waals surface area contributed by atoms with Crippen LogP contribution >= 0.6 is 0 Å². The summed E-state index contributed by atoms with van der Waals surface area (Å²) < 4.78 is 19.7. The van der Waals surface area contributed by atoms with E-state index < -0.39 is 11.7 Å². The van der Waals surface area contributed by atoms with Crippen molar-refractivity contribution in [2.75, 3.05) is 45.2 Å². The molecule has 0 unspecified atom stereocenters. The monoisotopic (exact) mass is 496 g/mol. The quantitative estimate of drug-likeness (QED) is 0.638. The molecule has 4 rings (SSSR count). The summed E-state index contributed by atoms with van der Waals surface area (Å²) in [5, 5.41) is 2.47. The van der Waals surface area contributed by atoms with Gasteiger partial charge in [-0.1, -0.05) is 19.3 Å². The molecule has 192 valence electrons. The third kappa shape index (κ3) is 5.84. The lowest BCUT2D eigenvalue weighted by atomic mass is 9.83. The average Bonchev–Trinajstić information content (AvgIpc) is 2.92. The van der Waals surface area contributed by atoms with Crippen molar-refractivity contribution in [3.63, 3.8) is 0 Å². The second-order valence-corrected chi connectivity index (χ2v) is 9.36. The van der Waals surface area contributed by atoms with Gasteiger partial charge in [-0.3, -0.25) is 14.4 Å². The van der Waals surface area contributed by atoms with E-state index >= 15 is 0 Å². The summed E-state index contributed by atoms with van der Waals surface area (Å²) >= 11 is 0. The molecule has 0 radical (unpaired) electrons. The van der Waals surface area contributed by atoms with Gasteiger partial charge in [-0.2, -0.15) is 0 Å². The average molecular weight is 497 g/mol. The number of benzene rings is 2. The van der Waals surface area contributed by atoms with E-state index in [1.807, 2.05) is 12.1 Å². The summed E-state index contributed by atoms with van der Waals surface area (Å²) in [6.45, 7) is 1.17. The largest absolute Gasteiger partial charge is 0.496 e. The van der Waals surface area contributed by atoms with Crippen LogP contribution in [0.3, 0.4) is 0 Å². The number of nitrogens with one attached hydrogen (secondary N) is 1. The van der Waals surface area contributed by atoms with Gasteiger partial charge in [-0.25, -0.2) is 4.39 Å². The molecule has 0 spiro atoms. The highest BCUT2D eigenvalue weighted by Crippen LogP contribution is 2.38. The minimum absolute atomic E-state index is 0.0700. The Kier molecular flexibility index (Phi) is 8.20. The molecule has 9 heteroatoms. The van der Waals surface area contributed by atoms with Crippen molar-refractivity contribution in [2.45, 2.75) is 38.0 Å². The van der Waals surface area contributed by atoms with Crippen LogP contribution in [-0.4, -0.2) is 67.4 Å². The van der Waals surface area contributed by atoms with Crippen molar-refractivity contribution in [2.24, 2.45) is 5.73 Å². The molecule has 0 bridgehead atoms. The first-order chi connectivity index (χ1) is 17.4. The van der Waals surface area contributed by atoms with Crippen LogP contribution in [-0.2, 0) is 4.79 Å². The second kappa shape index (κ2) is 11.5. The molecule has 1 saturated carbocycles. The van der Waals surface area contributed by atoms with Gasteiger partial charge in [0.2, 0.25) is 5.91 Å². The smallest absolute Gasteiger partial charge is 0.254 e. The van der Waals surface area contributed by atoms with E-state index in [4.69, 9.17) is 10.5 Å². The molecule has 2 aromatic rings. The van der Waals surface area contributed by atoms with E-state index in [9.17, 15) is 18.8 Å². The molecule has 36 heavy (non-hydrogen) atoms. The number of piperazine rings is 1. The van der Waals surface area contributed by atoms with Crippen molar-refractivity contribution in [3.05, 3.63) is 58.9 Å². The van der Waals surface area contributed by atoms with Gasteiger partial charge >= 0.3 is 0 Å². The molecule has 1 saturated heterocycles. The Morgan fingerprint density at radius 3 is 2.19 bits per heavy atom. The minimum Gasteiger partial charge on any atom is -0.496 e. The molecule has 2 aliphatic rings. The van der Waals surface area contributed by atoms with Gasteiger partial charge in [-0.05, 0) is 60.7 Å². The Labute approximate surface area is 210 Å². The third-order valence-electron chi connectivity index (χ3n) is 6.99. The summed E-state index contributed by atoms with van der Waals surface area (Å²) in [5.74, 6) is -0.299. The first-order valence-corrected chi connectivity index (χ1v) is 12.5. The number of rotatable bonds is 6. The summed E-state index contributed by atoms with van der Waals surface area (Å²) in [6, 6.07) is 9.36. The highest BCUT2D eigenvalue weighted by molar-refractivity contribution is 5.98. The number of methoxy groups -OCH3 is 1. The van der Waals surface area contributed by atoms with Gasteiger partial charge in [0.05, 0.1) is 13.7 Å². The fourth-order valence-corrected chi connectivity index (χ4v) is 5.08. The van der Waals surface area contributed by atoms with Gasteiger partial charge in [0, 0.05) is 43.0 Å². The number of anilines is 1. The van der Waals surface area contributed by atoms with E-state index in [1.165, 1.54) is 25.3 Å². The number of nitrogens with zero attached hydrogens (tertiary/aromatic N) is 2. The van der Waals surface area contributed by atoms with Crippen LogP contribution in [0.15, 0.2) is 36.4 Å². The Bertz CT molecular complexity index is 1120. The predicted octanol–water partition coefficient (Wildman–Crippen LogP) is 3.38. The van der Waals surface area contributed by atoms with Crippen LogP contribution in [0, 0.1) is 5.82 Å². The van der Waals surface area contributed by atoms with Crippen molar-refractivity contribution in [1.82, 2.24) is 9.80 Å². The second-order valence-electron chi connectivity index (χ2n) is 9.36. The molecule has 2 fully saturated rings. The van der Waals surface area contributed by atoms with Gasteiger partial charge in [0.25, 0.3) is 11.8 Å². The molecular weight excluding hydrogens is 463 g/mol. The van der Waals surface area contributed by atoms with Gasteiger partial charge in [-0.15, -0.1) is 0 Å². The SMILES string of the molecule is COc1ccc(C(=O)N2CCN(C(=O)c3cc(F)cc(NC(=O)CN)c3)CC2)cc1C1CCCCC1. The molecule has 3 N–H and O–H groups in total. The molecule has 1 heterocycles. The molecule has 0 atom stereocenters. The maximum atomic E-state index is 14.1. The van der Waals surface area contributed by atoms with Gasteiger partial charge in [0.1, 0.15) is 11.6 Å². The molecule has 1 aliphatic carbocycles. The topological polar surface area (TPSA) is 105 Å². The van der Waals surface area contributed by atoms with E-state index in [-0.39, 0.29) is 29.6 Å². The number of ether oxygens (including phenoxy) is 1. The van der Waals surface area contributed by atoms with Crippen molar-refractivity contribution < 1.29 is 23.5 Å². The maximum Gasteiger partial charge on any atom is 0.254 e. The zero-order valence-electron chi connectivity index (χ0n) is 20.6. The molecule has 8 nitrogen and oxygen atoms in total. The number of nitrogens with two attached hydrogens (primary N) is 1. The highest BCUT2D eigenvalue weighted by Gasteiger charge is 2.27. The number of halogens is 1. The van der Waals surface area contributed by atoms with Crippen LogP contribution in [0.2, 0.25) is 0 Å². The molecular formula is C27H33FN4O4. The number of carbonyl (C=O) groups excluding carboxylic acids is 3. The third-order valence-corrected chi connectivity index (χ3v) is 6.99. The fourth-order valence-electron chi connectivity index (χ4n) is 5.08. The predicted molar refractivity (Wildman–Crippen MR) is 135 cm³/mol. The Morgan fingerprint density at radius 2 is 1.58 bits per heavy atom. The number of amides is 3. The first kappa shape index (κ1) is 25.6. The highest BCUT2D eigenvalue weighted by atomic mass is 19.1. The van der Waals surface area contributed by atoms with E-state index in [1.54, 1.807) is 23.0 Å². The van der Waals surface area contributed by atoms with Gasteiger partial charge < -0.3 is 25.6 Å². The number of carbonyl (C=O) groups is 3. The van der Waals surface area contributed by atoms with Crippen molar-refractivity contribution in [3.8, 4) is 5.75 Å². The Hall–Kier alpha value is -3.46. The van der Waals surface area contributed by atoms with Crippen molar-refractivity contribution in [1.29, 1.82) is 0 Å². The maximum absolute atomic E-state index is 14.1. The molecule has 3 amide bonds. The van der Waals surface area contributed by atoms with E-state index in [0.29, 0.717) is 37.7 Å².